The fraction of sp³-hybridized carbons (Fsp3) is 0. The third-order valence-electron chi connectivity index (χ3n) is 3.06. The lowest BCUT2D eigenvalue weighted by atomic mass is 10.1. The SMILES string of the molecule is O=C(N[CH]c1ccccc1)c1nccc2ccccc12. The number of rotatable bonds is 3. The smallest absolute Gasteiger partial charge is 0.271 e. The fourth-order valence-electron chi connectivity index (χ4n) is 2.07. The number of carbonyl (C=O) groups excluding carboxylic acids is 1. The van der Waals surface area contributed by atoms with Crippen molar-refractivity contribution in [1.82, 2.24) is 10.3 Å². The maximum Gasteiger partial charge on any atom is 0.271 e. The lowest BCUT2D eigenvalue weighted by Gasteiger charge is -2.06. The van der Waals surface area contributed by atoms with Gasteiger partial charge in [0.2, 0.25) is 0 Å². The van der Waals surface area contributed by atoms with Crippen LogP contribution < -0.4 is 5.32 Å². The van der Waals surface area contributed by atoms with E-state index in [-0.39, 0.29) is 5.91 Å². The number of carbonyl (C=O) groups is 1. The molecule has 20 heavy (non-hydrogen) atoms. The molecule has 1 amide bonds. The minimum atomic E-state index is -0.203. The zero-order valence-corrected chi connectivity index (χ0v) is 10.8. The van der Waals surface area contributed by atoms with Gasteiger partial charge < -0.3 is 5.32 Å². The van der Waals surface area contributed by atoms with Crippen molar-refractivity contribution >= 4 is 16.7 Å². The minimum Gasteiger partial charge on any atom is -0.341 e. The largest absolute Gasteiger partial charge is 0.341 e. The summed E-state index contributed by atoms with van der Waals surface area (Å²) >= 11 is 0. The molecule has 0 fully saturated rings. The molecule has 0 saturated carbocycles. The Labute approximate surface area is 117 Å². The highest BCUT2D eigenvalue weighted by atomic mass is 16.1. The van der Waals surface area contributed by atoms with Gasteiger partial charge in [-0.15, -0.1) is 0 Å². The maximum atomic E-state index is 12.2. The van der Waals surface area contributed by atoms with Crippen LogP contribution in [0.15, 0.2) is 66.9 Å². The minimum absolute atomic E-state index is 0.203. The first-order chi connectivity index (χ1) is 9.84. The molecule has 0 spiro atoms. The molecule has 97 valence electrons. The van der Waals surface area contributed by atoms with Crippen LogP contribution in [0, 0.1) is 6.54 Å². The average molecular weight is 261 g/mol. The van der Waals surface area contributed by atoms with E-state index in [1.165, 1.54) is 0 Å². The summed E-state index contributed by atoms with van der Waals surface area (Å²) in [7, 11) is 0. The molecule has 0 saturated heterocycles. The van der Waals surface area contributed by atoms with Gasteiger partial charge in [0.1, 0.15) is 5.69 Å². The summed E-state index contributed by atoms with van der Waals surface area (Å²) in [4.78, 5) is 16.4. The van der Waals surface area contributed by atoms with Gasteiger partial charge in [0.15, 0.2) is 0 Å². The standard InChI is InChI=1S/C17H13N2O/c20-17(19-12-13-6-2-1-3-7-13)16-15-9-5-4-8-14(15)10-11-18-16/h1-12H,(H,19,20). The van der Waals surface area contributed by atoms with Crippen molar-refractivity contribution in [3.63, 3.8) is 0 Å². The van der Waals surface area contributed by atoms with Crippen molar-refractivity contribution in [2.75, 3.05) is 0 Å². The van der Waals surface area contributed by atoms with Crippen molar-refractivity contribution in [3.05, 3.63) is 84.7 Å². The van der Waals surface area contributed by atoms with Crippen LogP contribution in [-0.2, 0) is 0 Å². The lowest BCUT2D eigenvalue weighted by Crippen LogP contribution is -2.22. The van der Waals surface area contributed by atoms with Gasteiger partial charge in [-0.2, -0.15) is 0 Å². The predicted molar refractivity (Wildman–Crippen MR) is 79.1 cm³/mol. The molecule has 0 aliphatic carbocycles. The molecular formula is C17H13N2O. The number of fused-ring (bicyclic) bond motifs is 1. The Kier molecular flexibility index (Phi) is 3.42. The van der Waals surface area contributed by atoms with Crippen molar-refractivity contribution in [2.45, 2.75) is 0 Å². The predicted octanol–water partition coefficient (Wildman–Crippen LogP) is 3.17. The van der Waals surface area contributed by atoms with Crippen LogP contribution in [0.3, 0.4) is 0 Å². The summed E-state index contributed by atoms with van der Waals surface area (Å²) in [5.74, 6) is -0.203. The van der Waals surface area contributed by atoms with E-state index in [9.17, 15) is 4.79 Å². The van der Waals surface area contributed by atoms with E-state index >= 15 is 0 Å². The molecule has 1 aromatic heterocycles. The Morgan fingerprint density at radius 2 is 1.70 bits per heavy atom. The van der Waals surface area contributed by atoms with Crippen LogP contribution in [0.25, 0.3) is 10.8 Å². The van der Waals surface area contributed by atoms with Crippen LogP contribution in [-0.4, -0.2) is 10.9 Å². The molecule has 0 unspecified atom stereocenters. The molecule has 0 atom stereocenters. The number of hydrogen-bond acceptors (Lipinski definition) is 2. The van der Waals surface area contributed by atoms with Gasteiger partial charge >= 0.3 is 0 Å². The lowest BCUT2D eigenvalue weighted by molar-refractivity contribution is 0.0962. The maximum absolute atomic E-state index is 12.2. The zero-order chi connectivity index (χ0) is 13.8. The summed E-state index contributed by atoms with van der Waals surface area (Å²) in [5.41, 5.74) is 1.39. The van der Waals surface area contributed by atoms with E-state index < -0.39 is 0 Å². The molecule has 3 rings (SSSR count). The van der Waals surface area contributed by atoms with Gasteiger partial charge in [0, 0.05) is 11.6 Å². The highest BCUT2D eigenvalue weighted by molar-refractivity contribution is 6.05. The van der Waals surface area contributed by atoms with Gasteiger partial charge in [-0.25, -0.2) is 0 Å². The monoisotopic (exact) mass is 261 g/mol. The second kappa shape index (κ2) is 5.53. The molecule has 0 aliphatic rings. The number of amides is 1. The Bertz CT molecular complexity index is 733. The summed E-state index contributed by atoms with van der Waals surface area (Å²) in [6.07, 6.45) is 1.65. The van der Waals surface area contributed by atoms with E-state index in [1.54, 1.807) is 12.7 Å². The topological polar surface area (TPSA) is 42.0 Å². The molecule has 3 heteroatoms. The molecular weight excluding hydrogens is 248 g/mol. The first kappa shape index (κ1) is 12.4. The van der Waals surface area contributed by atoms with E-state index in [2.05, 4.69) is 10.3 Å². The zero-order valence-electron chi connectivity index (χ0n) is 10.8. The van der Waals surface area contributed by atoms with Crippen LogP contribution in [0.1, 0.15) is 16.1 Å². The second-order valence-corrected chi connectivity index (χ2v) is 4.41. The highest BCUT2D eigenvalue weighted by Crippen LogP contribution is 2.16. The van der Waals surface area contributed by atoms with E-state index in [1.807, 2.05) is 60.7 Å². The first-order valence-corrected chi connectivity index (χ1v) is 6.37. The van der Waals surface area contributed by atoms with E-state index in [0.29, 0.717) is 5.69 Å². The summed E-state index contributed by atoms with van der Waals surface area (Å²) < 4.78 is 0. The van der Waals surface area contributed by atoms with Crippen molar-refractivity contribution in [1.29, 1.82) is 0 Å². The quantitative estimate of drug-likeness (QED) is 0.786. The normalized spacial score (nSPS) is 10.4. The Balaban J connectivity index is 1.82. The van der Waals surface area contributed by atoms with Crippen LogP contribution in [0.5, 0.6) is 0 Å². The molecule has 3 nitrogen and oxygen atoms in total. The van der Waals surface area contributed by atoms with Gasteiger partial charge in [-0.1, -0.05) is 54.6 Å². The summed E-state index contributed by atoms with van der Waals surface area (Å²) in [6, 6.07) is 19.3. The number of benzene rings is 2. The Morgan fingerprint density at radius 1 is 0.950 bits per heavy atom. The molecule has 1 N–H and O–H groups in total. The summed E-state index contributed by atoms with van der Waals surface area (Å²) in [5, 5.41) is 4.64. The number of aromatic nitrogens is 1. The third-order valence-corrected chi connectivity index (χ3v) is 3.06. The van der Waals surface area contributed by atoms with Crippen molar-refractivity contribution in [3.8, 4) is 0 Å². The van der Waals surface area contributed by atoms with E-state index in [4.69, 9.17) is 0 Å². The van der Waals surface area contributed by atoms with E-state index in [0.717, 1.165) is 16.3 Å². The first-order valence-electron chi connectivity index (χ1n) is 6.37. The number of hydrogen-bond donors (Lipinski definition) is 1. The molecule has 1 radical (unpaired) electrons. The van der Waals surface area contributed by atoms with Crippen molar-refractivity contribution < 1.29 is 4.79 Å². The molecule has 2 aromatic carbocycles. The van der Waals surface area contributed by atoms with Crippen LogP contribution >= 0.6 is 0 Å². The average Bonchev–Trinajstić information content (AvgIpc) is 2.53. The van der Waals surface area contributed by atoms with Crippen LogP contribution in [0.4, 0.5) is 0 Å². The number of nitrogens with zero attached hydrogens (tertiary/aromatic N) is 1. The Hall–Kier alpha value is -2.68. The van der Waals surface area contributed by atoms with Gasteiger partial charge in [-0.3, -0.25) is 9.78 Å². The molecule has 0 aliphatic heterocycles. The second-order valence-electron chi connectivity index (χ2n) is 4.41. The third kappa shape index (κ3) is 2.52. The van der Waals surface area contributed by atoms with Crippen molar-refractivity contribution in [2.24, 2.45) is 0 Å². The van der Waals surface area contributed by atoms with Crippen LogP contribution in [0.2, 0.25) is 0 Å². The Morgan fingerprint density at radius 3 is 2.55 bits per heavy atom. The summed E-state index contributed by atoms with van der Waals surface area (Å²) in [6.45, 7) is 1.69. The number of pyridine rings is 1. The van der Waals surface area contributed by atoms with Gasteiger partial charge in [0.25, 0.3) is 5.91 Å². The van der Waals surface area contributed by atoms with Gasteiger partial charge in [0.05, 0.1) is 6.54 Å². The number of nitrogens with one attached hydrogen (secondary N) is 1. The highest BCUT2D eigenvalue weighted by Gasteiger charge is 2.10. The molecule has 3 aromatic rings. The molecule has 0 bridgehead atoms. The molecule has 1 heterocycles. The fourth-order valence-corrected chi connectivity index (χ4v) is 2.07. The van der Waals surface area contributed by atoms with Gasteiger partial charge in [-0.05, 0) is 17.0 Å².